The Morgan fingerprint density at radius 1 is 1.20 bits per heavy atom. The van der Waals surface area contributed by atoms with E-state index in [0.29, 0.717) is 36.3 Å². The molecule has 3 aromatic rings. The molecule has 8 nitrogen and oxygen atoms in total. The molecule has 0 radical (unpaired) electrons. The lowest BCUT2D eigenvalue weighted by molar-refractivity contribution is 0.0198. The molecule has 3 heterocycles. The molecule has 160 valence electrons. The number of carbonyl (C=O) groups excluding carboxylic acids is 1. The molecular formula is C22H28N4O4. The number of benzene rings is 1. The number of likely N-dealkylation sites (tertiary alicyclic amines) is 1. The summed E-state index contributed by atoms with van der Waals surface area (Å²) in [5.74, 6) is 2.11. The van der Waals surface area contributed by atoms with Gasteiger partial charge in [-0.1, -0.05) is 25.1 Å². The summed E-state index contributed by atoms with van der Waals surface area (Å²) >= 11 is 0. The van der Waals surface area contributed by atoms with Crippen LogP contribution in [0, 0.1) is 0 Å². The van der Waals surface area contributed by atoms with Gasteiger partial charge in [0, 0.05) is 24.9 Å². The van der Waals surface area contributed by atoms with Crippen LogP contribution in [0.15, 0.2) is 27.1 Å². The normalized spacial score (nSPS) is 15.9. The van der Waals surface area contributed by atoms with Gasteiger partial charge in [0.2, 0.25) is 11.7 Å². The lowest BCUT2D eigenvalue weighted by atomic mass is 9.97. The van der Waals surface area contributed by atoms with Crippen molar-refractivity contribution >= 4 is 17.2 Å². The molecule has 1 fully saturated rings. The number of ether oxygens (including phenoxy) is 1. The van der Waals surface area contributed by atoms with Crippen molar-refractivity contribution in [3.63, 3.8) is 0 Å². The average Bonchev–Trinajstić information content (AvgIpc) is 3.34. The molecule has 4 rings (SSSR count). The second-order valence-corrected chi connectivity index (χ2v) is 9.06. The predicted octanol–water partition coefficient (Wildman–Crippen LogP) is 5.12. The van der Waals surface area contributed by atoms with Crippen LogP contribution in [0.25, 0.3) is 22.5 Å². The first-order valence-corrected chi connectivity index (χ1v) is 10.4. The number of carbonyl (C=O) groups is 1. The molecule has 0 saturated carbocycles. The summed E-state index contributed by atoms with van der Waals surface area (Å²) in [6.45, 7) is 10.9. The van der Waals surface area contributed by atoms with E-state index >= 15 is 0 Å². The van der Waals surface area contributed by atoms with Gasteiger partial charge in [-0.2, -0.15) is 4.98 Å². The quantitative estimate of drug-likeness (QED) is 0.589. The Morgan fingerprint density at radius 3 is 2.60 bits per heavy atom. The number of hydrogen-bond donors (Lipinski definition) is 0. The van der Waals surface area contributed by atoms with E-state index in [0.717, 1.165) is 23.9 Å². The summed E-state index contributed by atoms with van der Waals surface area (Å²) in [6, 6.07) is 5.72. The molecule has 0 spiro atoms. The molecule has 2 aromatic heterocycles. The van der Waals surface area contributed by atoms with Gasteiger partial charge in [-0.25, -0.2) is 9.78 Å². The Hall–Kier alpha value is -2.90. The number of oxazole rings is 1. The number of hydrogen-bond acceptors (Lipinski definition) is 7. The Labute approximate surface area is 175 Å². The first kappa shape index (κ1) is 20.4. The molecule has 0 unspecified atom stereocenters. The van der Waals surface area contributed by atoms with E-state index in [9.17, 15) is 4.79 Å². The van der Waals surface area contributed by atoms with Crippen molar-refractivity contribution in [2.24, 2.45) is 0 Å². The number of piperidine rings is 1. The molecule has 1 aromatic carbocycles. The van der Waals surface area contributed by atoms with E-state index in [4.69, 9.17) is 13.7 Å². The van der Waals surface area contributed by atoms with Gasteiger partial charge in [0.15, 0.2) is 11.5 Å². The van der Waals surface area contributed by atoms with Gasteiger partial charge in [-0.05, 0) is 45.7 Å². The highest BCUT2D eigenvalue weighted by Crippen LogP contribution is 2.32. The van der Waals surface area contributed by atoms with Crippen molar-refractivity contribution in [1.82, 2.24) is 20.0 Å². The van der Waals surface area contributed by atoms with Crippen LogP contribution in [-0.4, -0.2) is 44.8 Å². The molecule has 0 aliphatic carbocycles. The van der Waals surface area contributed by atoms with Crippen molar-refractivity contribution < 1.29 is 18.5 Å². The van der Waals surface area contributed by atoms with Crippen LogP contribution >= 0.6 is 0 Å². The highest BCUT2D eigenvalue weighted by atomic mass is 16.6. The molecule has 30 heavy (non-hydrogen) atoms. The number of nitrogens with zero attached hydrogens (tertiary/aromatic N) is 4. The molecule has 1 aliphatic rings. The van der Waals surface area contributed by atoms with Crippen molar-refractivity contribution in [2.45, 2.75) is 64.9 Å². The van der Waals surface area contributed by atoms with Gasteiger partial charge in [-0.15, -0.1) is 0 Å². The minimum atomic E-state index is -0.493. The topological polar surface area (TPSA) is 94.5 Å². The summed E-state index contributed by atoms with van der Waals surface area (Å²) in [5, 5.41) is 4.20. The molecule has 1 amide bonds. The first-order valence-electron chi connectivity index (χ1n) is 10.4. The molecule has 0 bridgehead atoms. The van der Waals surface area contributed by atoms with Crippen molar-refractivity contribution in [1.29, 1.82) is 0 Å². The Kier molecular flexibility index (Phi) is 5.26. The Balaban J connectivity index is 1.48. The summed E-state index contributed by atoms with van der Waals surface area (Å²) in [6.07, 6.45) is 1.24. The lowest BCUT2D eigenvalue weighted by Gasteiger charge is -2.32. The van der Waals surface area contributed by atoms with E-state index in [2.05, 4.69) is 15.1 Å². The smallest absolute Gasteiger partial charge is 0.410 e. The fourth-order valence-corrected chi connectivity index (χ4v) is 3.54. The van der Waals surface area contributed by atoms with Gasteiger partial charge in [0.05, 0.1) is 5.56 Å². The molecule has 0 atom stereocenters. The largest absolute Gasteiger partial charge is 0.444 e. The maximum absolute atomic E-state index is 12.3. The maximum Gasteiger partial charge on any atom is 0.410 e. The summed E-state index contributed by atoms with van der Waals surface area (Å²) in [5.41, 5.74) is 1.76. The van der Waals surface area contributed by atoms with E-state index in [1.807, 2.05) is 52.8 Å². The third-order valence-corrected chi connectivity index (χ3v) is 5.11. The third-order valence-electron chi connectivity index (χ3n) is 5.11. The zero-order valence-corrected chi connectivity index (χ0v) is 18.1. The van der Waals surface area contributed by atoms with E-state index < -0.39 is 5.60 Å². The molecule has 1 saturated heterocycles. The maximum atomic E-state index is 12.3. The second kappa shape index (κ2) is 7.74. The second-order valence-electron chi connectivity index (χ2n) is 9.06. The lowest BCUT2D eigenvalue weighted by Crippen LogP contribution is -2.41. The van der Waals surface area contributed by atoms with Crippen molar-refractivity contribution in [3.05, 3.63) is 30.0 Å². The summed E-state index contributed by atoms with van der Waals surface area (Å²) in [4.78, 5) is 23.3. The molecular weight excluding hydrogens is 384 g/mol. The molecule has 0 N–H and O–H groups in total. The standard InChI is InChI=1S/C22H28N4O4/c1-13(2)19-23-17-15(7-6-8-16(17)28-19)18-24-20(30-25-18)14-9-11-26(12-10-14)21(27)29-22(3,4)5/h6-8,13-14H,9-12H2,1-5H3. The first-order chi connectivity index (χ1) is 14.2. The average molecular weight is 412 g/mol. The third kappa shape index (κ3) is 4.17. The number of para-hydroxylation sites is 1. The van der Waals surface area contributed by atoms with Gasteiger partial charge in [-0.3, -0.25) is 0 Å². The van der Waals surface area contributed by atoms with E-state index in [1.165, 1.54) is 0 Å². The fraction of sp³-hybridized carbons (Fsp3) is 0.545. The predicted molar refractivity (Wildman–Crippen MR) is 111 cm³/mol. The Morgan fingerprint density at radius 2 is 1.93 bits per heavy atom. The number of fused-ring (bicyclic) bond motifs is 1. The summed E-state index contributed by atoms with van der Waals surface area (Å²) in [7, 11) is 0. The van der Waals surface area contributed by atoms with Crippen LogP contribution in [-0.2, 0) is 4.74 Å². The monoisotopic (exact) mass is 412 g/mol. The van der Waals surface area contributed by atoms with Crippen LogP contribution in [0.5, 0.6) is 0 Å². The minimum Gasteiger partial charge on any atom is -0.444 e. The van der Waals surface area contributed by atoms with Crippen molar-refractivity contribution in [3.8, 4) is 11.4 Å². The number of aromatic nitrogens is 3. The van der Waals surface area contributed by atoms with Gasteiger partial charge < -0.3 is 18.6 Å². The summed E-state index contributed by atoms with van der Waals surface area (Å²) < 4.78 is 16.9. The van der Waals surface area contributed by atoms with Crippen LogP contribution in [0.2, 0.25) is 0 Å². The van der Waals surface area contributed by atoms with E-state index in [1.54, 1.807) is 4.90 Å². The minimum absolute atomic E-state index is 0.118. The molecule has 1 aliphatic heterocycles. The highest BCUT2D eigenvalue weighted by molar-refractivity contribution is 5.88. The van der Waals surface area contributed by atoms with Crippen LogP contribution in [0.4, 0.5) is 4.79 Å². The number of rotatable bonds is 3. The van der Waals surface area contributed by atoms with Crippen LogP contribution in [0.3, 0.4) is 0 Å². The fourth-order valence-electron chi connectivity index (χ4n) is 3.54. The number of amides is 1. The van der Waals surface area contributed by atoms with E-state index in [-0.39, 0.29) is 17.9 Å². The highest BCUT2D eigenvalue weighted by Gasteiger charge is 2.30. The Bertz CT molecular complexity index is 1040. The van der Waals surface area contributed by atoms with Gasteiger partial charge >= 0.3 is 6.09 Å². The van der Waals surface area contributed by atoms with Crippen LogP contribution < -0.4 is 0 Å². The van der Waals surface area contributed by atoms with Gasteiger partial charge in [0.1, 0.15) is 11.1 Å². The van der Waals surface area contributed by atoms with Crippen LogP contribution in [0.1, 0.15) is 71.1 Å². The zero-order chi connectivity index (χ0) is 21.5. The van der Waals surface area contributed by atoms with Crippen molar-refractivity contribution in [2.75, 3.05) is 13.1 Å². The van der Waals surface area contributed by atoms with Gasteiger partial charge in [0.25, 0.3) is 0 Å². The SMILES string of the molecule is CC(C)c1nc2c(-c3noc(C4CCN(C(=O)OC(C)(C)C)CC4)n3)cccc2o1. The molecule has 8 heteroatoms. The zero-order valence-electron chi connectivity index (χ0n) is 18.1.